The Morgan fingerprint density at radius 2 is 2.23 bits per heavy atom. The fourth-order valence-corrected chi connectivity index (χ4v) is 1.02. The number of nitrogens with zero attached hydrogens (tertiary/aromatic N) is 1. The van der Waals surface area contributed by atoms with Crippen molar-refractivity contribution in [2.24, 2.45) is 5.10 Å². The fourth-order valence-electron chi connectivity index (χ4n) is 1.02. The van der Waals surface area contributed by atoms with E-state index in [-0.39, 0.29) is 0 Å². The normalized spacial score (nSPS) is 10.4. The van der Waals surface area contributed by atoms with Crippen LogP contribution in [0.3, 0.4) is 0 Å². The Balaban J connectivity index is 2.85. The van der Waals surface area contributed by atoms with Crippen LogP contribution in [0.4, 0.5) is 5.69 Å². The minimum absolute atomic E-state index is 0.864. The van der Waals surface area contributed by atoms with E-state index in [4.69, 9.17) is 4.74 Å². The number of rotatable bonds is 3. The first-order valence-electron chi connectivity index (χ1n) is 4.16. The van der Waals surface area contributed by atoms with Gasteiger partial charge < -0.3 is 4.74 Å². The minimum Gasteiger partial charge on any atom is -0.497 e. The molecule has 0 bridgehead atoms. The lowest BCUT2D eigenvalue weighted by molar-refractivity contribution is 0.414. The van der Waals surface area contributed by atoms with E-state index in [1.165, 1.54) is 0 Å². The van der Waals surface area contributed by atoms with E-state index in [1.54, 1.807) is 13.3 Å². The molecule has 0 unspecified atom stereocenters. The second-order valence-electron chi connectivity index (χ2n) is 2.68. The molecule has 0 aliphatic rings. The third kappa shape index (κ3) is 2.47. The molecule has 0 amide bonds. The second kappa shape index (κ2) is 4.50. The summed E-state index contributed by atoms with van der Waals surface area (Å²) >= 11 is 0. The van der Waals surface area contributed by atoms with Gasteiger partial charge in [0, 0.05) is 6.21 Å². The lowest BCUT2D eigenvalue weighted by Crippen LogP contribution is -1.92. The molecule has 13 heavy (non-hydrogen) atoms. The van der Waals surface area contributed by atoms with Gasteiger partial charge in [-0.3, -0.25) is 5.43 Å². The molecule has 1 N–H and O–H groups in total. The molecular formula is C10H14N2O. The van der Waals surface area contributed by atoms with E-state index < -0.39 is 0 Å². The summed E-state index contributed by atoms with van der Waals surface area (Å²) in [5.41, 5.74) is 5.04. The Kier molecular flexibility index (Phi) is 3.31. The van der Waals surface area contributed by atoms with Gasteiger partial charge >= 0.3 is 0 Å². The number of anilines is 1. The Labute approximate surface area is 78.4 Å². The highest BCUT2D eigenvalue weighted by atomic mass is 16.5. The summed E-state index contributed by atoms with van der Waals surface area (Å²) in [7, 11) is 1.66. The zero-order valence-electron chi connectivity index (χ0n) is 8.16. The third-order valence-corrected chi connectivity index (χ3v) is 1.75. The highest BCUT2D eigenvalue weighted by molar-refractivity contribution is 5.58. The van der Waals surface area contributed by atoms with Crippen LogP contribution in [0.1, 0.15) is 12.5 Å². The molecule has 0 fully saturated rings. The molecule has 0 atom stereocenters. The van der Waals surface area contributed by atoms with Crippen molar-refractivity contribution in [2.75, 3.05) is 12.5 Å². The molecule has 0 spiro atoms. The number of hydrogen-bond acceptors (Lipinski definition) is 3. The van der Waals surface area contributed by atoms with Gasteiger partial charge in [0.25, 0.3) is 0 Å². The van der Waals surface area contributed by atoms with Crippen molar-refractivity contribution >= 4 is 11.9 Å². The van der Waals surface area contributed by atoms with Gasteiger partial charge in [-0.2, -0.15) is 5.10 Å². The maximum atomic E-state index is 5.09. The number of hydrazone groups is 1. The van der Waals surface area contributed by atoms with Crippen LogP contribution in [-0.2, 0) is 0 Å². The summed E-state index contributed by atoms with van der Waals surface area (Å²) in [6.07, 6.45) is 1.71. The predicted octanol–water partition coefficient (Wildman–Crippen LogP) is 2.42. The SMILES string of the molecule is C/C=N\Nc1ccc(OC)cc1C. The molecule has 1 rings (SSSR count). The zero-order valence-corrected chi connectivity index (χ0v) is 8.16. The van der Waals surface area contributed by atoms with Crippen LogP contribution < -0.4 is 10.2 Å². The maximum absolute atomic E-state index is 5.09. The van der Waals surface area contributed by atoms with Gasteiger partial charge in [0.1, 0.15) is 5.75 Å². The Morgan fingerprint density at radius 3 is 2.77 bits per heavy atom. The first kappa shape index (κ1) is 9.58. The smallest absolute Gasteiger partial charge is 0.119 e. The van der Waals surface area contributed by atoms with Gasteiger partial charge in [0.2, 0.25) is 0 Å². The Bertz CT molecular complexity index is 308. The number of hydrogen-bond donors (Lipinski definition) is 1. The predicted molar refractivity (Wildman–Crippen MR) is 55.5 cm³/mol. The van der Waals surface area contributed by atoms with Crippen molar-refractivity contribution in [3.05, 3.63) is 23.8 Å². The van der Waals surface area contributed by atoms with Crippen LogP contribution in [0.25, 0.3) is 0 Å². The average Bonchev–Trinajstić information content (AvgIpc) is 2.16. The molecule has 0 heterocycles. The van der Waals surface area contributed by atoms with Crippen LogP contribution in [0, 0.1) is 6.92 Å². The molecule has 0 aliphatic carbocycles. The molecular weight excluding hydrogens is 164 g/mol. The topological polar surface area (TPSA) is 33.6 Å². The molecule has 0 saturated carbocycles. The maximum Gasteiger partial charge on any atom is 0.119 e. The van der Waals surface area contributed by atoms with Crippen molar-refractivity contribution in [2.45, 2.75) is 13.8 Å². The molecule has 3 heteroatoms. The van der Waals surface area contributed by atoms with Gasteiger partial charge in [-0.15, -0.1) is 0 Å². The lowest BCUT2D eigenvalue weighted by Gasteiger charge is -2.06. The summed E-state index contributed by atoms with van der Waals surface area (Å²) in [6, 6.07) is 5.81. The van der Waals surface area contributed by atoms with E-state index >= 15 is 0 Å². The largest absolute Gasteiger partial charge is 0.497 e. The van der Waals surface area contributed by atoms with Crippen molar-refractivity contribution in [3.8, 4) is 5.75 Å². The van der Waals surface area contributed by atoms with Crippen LogP contribution in [-0.4, -0.2) is 13.3 Å². The number of ether oxygens (including phenoxy) is 1. The number of benzene rings is 1. The van der Waals surface area contributed by atoms with E-state index in [2.05, 4.69) is 10.5 Å². The van der Waals surface area contributed by atoms with Crippen LogP contribution in [0.2, 0.25) is 0 Å². The minimum atomic E-state index is 0.864. The first-order valence-corrected chi connectivity index (χ1v) is 4.16. The van der Waals surface area contributed by atoms with Crippen LogP contribution >= 0.6 is 0 Å². The van der Waals surface area contributed by atoms with Gasteiger partial charge in [0.15, 0.2) is 0 Å². The van der Waals surface area contributed by atoms with Crippen molar-refractivity contribution in [1.29, 1.82) is 0 Å². The highest BCUT2D eigenvalue weighted by Crippen LogP contribution is 2.20. The number of methoxy groups -OCH3 is 1. The fraction of sp³-hybridized carbons (Fsp3) is 0.300. The molecule has 3 nitrogen and oxygen atoms in total. The van der Waals surface area contributed by atoms with Gasteiger partial charge in [-0.1, -0.05) is 0 Å². The quantitative estimate of drug-likeness (QED) is 0.569. The van der Waals surface area contributed by atoms with Crippen LogP contribution in [0.15, 0.2) is 23.3 Å². The standard InChI is InChI=1S/C10H14N2O/c1-4-11-12-10-6-5-9(13-3)7-8(10)2/h4-7,12H,1-3H3/b11-4-. The molecule has 70 valence electrons. The number of aryl methyl sites for hydroxylation is 1. The Hall–Kier alpha value is -1.51. The summed E-state index contributed by atoms with van der Waals surface area (Å²) in [6.45, 7) is 3.88. The number of nitrogens with one attached hydrogen (secondary N) is 1. The zero-order chi connectivity index (χ0) is 9.68. The highest BCUT2D eigenvalue weighted by Gasteiger charge is 1.97. The van der Waals surface area contributed by atoms with Crippen molar-refractivity contribution in [1.82, 2.24) is 0 Å². The molecule has 0 saturated heterocycles. The van der Waals surface area contributed by atoms with E-state index in [0.29, 0.717) is 0 Å². The summed E-state index contributed by atoms with van der Waals surface area (Å²) in [5, 5.41) is 3.94. The van der Waals surface area contributed by atoms with Gasteiger partial charge in [-0.25, -0.2) is 0 Å². The average molecular weight is 178 g/mol. The summed E-state index contributed by atoms with van der Waals surface area (Å²) in [5.74, 6) is 0.864. The van der Waals surface area contributed by atoms with E-state index in [9.17, 15) is 0 Å². The molecule has 0 aromatic heterocycles. The molecule has 1 aromatic carbocycles. The van der Waals surface area contributed by atoms with Crippen molar-refractivity contribution < 1.29 is 4.74 Å². The lowest BCUT2D eigenvalue weighted by atomic mass is 10.2. The first-order chi connectivity index (χ1) is 6.27. The third-order valence-electron chi connectivity index (χ3n) is 1.75. The van der Waals surface area contributed by atoms with Gasteiger partial charge in [-0.05, 0) is 37.6 Å². The molecule has 0 radical (unpaired) electrons. The second-order valence-corrected chi connectivity index (χ2v) is 2.68. The van der Waals surface area contributed by atoms with Crippen molar-refractivity contribution in [3.63, 3.8) is 0 Å². The summed E-state index contributed by atoms with van der Waals surface area (Å²) < 4.78 is 5.09. The van der Waals surface area contributed by atoms with Crippen LogP contribution in [0.5, 0.6) is 5.75 Å². The van der Waals surface area contributed by atoms with Gasteiger partial charge in [0.05, 0.1) is 12.8 Å². The molecule has 1 aromatic rings. The summed E-state index contributed by atoms with van der Waals surface area (Å²) in [4.78, 5) is 0. The molecule has 0 aliphatic heterocycles. The Morgan fingerprint density at radius 1 is 1.46 bits per heavy atom. The van der Waals surface area contributed by atoms with E-state index in [1.807, 2.05) is 32.0 Å². The van der Waals surface area contributed by atoms with E-state index in [0.717, 1.165) is 17.0 Å². The monoisotopic (exact) mass is 178 g/mol.